The van der Waals surface area contributed by atoms with Crippen molar-refractivity contribution in [3.05, 3.63) is 101 Å². The summed E-state index contributed by atoms with van der Waals surface area (Å²) >= 11 is 0. The molecule has 3 aromatic rings. The Hall–Kier alpha value is -2.87. The number of aliphatic hydroxyl groups is 1. The fourth-order valence-corrected chi connectivity index (χ4v) is 5.56. The zero-order valence-electron chi connectivity index (χ0n) is 20.0. The molecule has 2 aliphatic rings. The largest absolute Gasteiger partial charge is 0.416 e. The van der Waals surface area contributed by atoms with Gasteiger partial charge in [-0.05, 0) is 42.2 Å². The molecular formula is C29H31F3N2O2. The number of benzene rings is 3. The number of ether oxygens (including phenoxy) is 1. The second-order valence-electron chi connectivity index (χ2n) is 9.70. The average molecular weight is 497 g/mol. The molecule has 0 aromatic heterocycles. The third-order valence-electron chi connectivity index (χ3n) is 7.26. The maximum atomic E-state index is 13.6. The molecule has 0 aliphatic carbocycles. The molecule has 2 heterocycles. The van der Waals surface area contributed by atoms with E-state index in [1.807, 2.05) is 48.5 Å². The Morgan fingerprint density at radius 2 is 1.67 bits per heavy atom. The van der Waals surface area contributed by atoms with Crippen molar-refractivity contribution in [2.24, 2.45) is 5.92 Å². The molecule has 0 radical (unpaired) electrons. The van der Waals surface area contributed by atoms with Gasteiger partial charge in [0.15, 0.2) is 0 Å². The van der Waals surface area contributed by atoms with E-state index in [0.29, 0.717) is 30.9 Å². The number of hydrogen-bond acceptors (Lipinski definition) is 4. The van der Waals surface area contributed by atoms with Crippen LogP contribution in [0.25, 0.3) is 0 Å². The molecule has 5 rings (SSSR count). The van der Waals surface area contributed by atoms with Crippen molar-refractivity contribution in [1.82, 2.24) is 4.90 Å². The first-order valence-corrected chi connectivity index (χ1v) is 12.5. The van der Waals surface area contributed by atoms with E-state index >= 15 is 0 Å². The number of rotatable bonds is 7. The molecule has 0 saturated carbocycles. The van der Waals surface area contributed by atoms with Gasteiger partial charge < -0.3 is 15.2 Å². The van der Waals surface area contributed by atoms with Crippen LogP contribution in [0.5, 0.6) is 0 Å². The number of alkyl halides is 3. The third kappa shape index (κ3) is 5.43. The first-order valence-electron chi connectivity index (χ1n) is 12.5. The van der Waals surface area contributed by atoms with Gasteiger partial charge in [-0.3, -0.25) is 4.90 Å². The molecule has 2 N–H and O–H groups in total. The number of fused-ring (bicyclic) bond motifs is 3. The molecule has 3 aromatic carbocycles. The van der Waals surface area contributed by atoms with Gasteiger partial charge in [0.1, 0.15) is 0 Å². The van der Waals surface area contributed by atoms with Crippen molar-refractivity contribution in [1.29, 1.82) is 0 Å². The summed E-state index contributed by atoms with van der Waals surface area (Å²) < 4.78 is 47.3. The van der Waals surface area contributed by atoms with Crippen LogP contribution >= 0.6 is 0 Å². The summed E-state index contributed by atoms with van der Waals surface area (Å²) in [7, 11) is 0. The monoisotopic (exact) mass is 496 g/mol. The van der Waals surface area contributed by atoms with Crippen LogP contribution in [-0.4, -0.2) is 35.8 Å². The fourth-order valence-electron chi connectivity index (χ4n) is 5.56. The Balaban J connectivity index is 1.42. The molecule has 0 bridgehead atoms. The second kappa shape index (κ2) is 10.6. The molecule has 0 spiro atoms. The highest BCUT2D eigenvalue weighted by atomic mass is 19.4. The summed E-state index contributed by atoms with van der Waals surface area (Å²) in [6, 6.07) is 24.0. The SMILES string of the molecule is OCCN(Cc1ccccc1)C[C@H]1CC[C@@H]2[C@H](O1)c1cc(C(F)(F)F)ccc1N[C@H]2c1ccccc1. The van der Waals surface area contributed by atoms with Crippen molar-refractivity contribution in [2.45, 2.75) is 43.8 Å². The van der Waals surface area contributed by atoms with Crippen molar-refractivity contribution in [3.63, 3.8) is 0 Å². The average Bonchev–Trinajstić information content (AvgIpc) is 2.88. The number of nitrogens with one attached hydrogen (secondary N) is 1. The van der Waals surface area contributed by atoms with Crippen LogP contribution < -0.4 is 5.32 Å². The second-order valence-corrected chi connectivity index (χ2v) is 9.70. The highest BCUT2D eigenvalue weighted by Crippen LogP contribution is 2.51. The zero-order chi connectivity index (χ0) is 25.1. The summed E-state index contributed by atoms with van der Waals surface area (Å²) in [4.78, 5) is 2.16. The molecular weight excluding hydrogens is 465 g/mol. The molecule has 2 aliphatic heterocycles. The van der Waals surface area contributed by atoms with E-state index in [-0.39, 0.29) is 24.7 Å². The Morgan fingerprint density at radius 1 is 0.944 bits per heavy atom. The van der Waals surface area contributed by atoms with Crippen LogP contribution in [0, 0.1) is 5.92 Å². The van der Waals surface area contributed by atoms with Gasteiger partial charge >= 0.3 is 6.18 Å². The number of hydrogen-bond donors (Lipinski definition) is 2. The quantitative estimate of drug-likeness (QED) is 0.409. The highest BCUT2D eigenvalue weighted by Gasteiger charge is 2.43. The summed E-state index contributed by atoms with van der Waals surface area (Å²) in [5.41, 5.74) is 2.85. The topological polar surface area (TPSA) is 44.7 Å². The number of aliphatic hydroxyl groups excluding tert-OH is 1. The molecule has 7 heteroatoms. The van der Waals surface area contributed by atoms with E-state index in [1.54, 1.807) is 0 Å². The lowest BCUT2D eigenvalue weighted by atomic mass is 9.76. The maximum Gasteiger partial charge on any atom is 0.416 e. The summed E-state index contributed by atoms with van der Waals surface area (Å²) in [5.74, 6) is 0.0139. The lowest BCUT2D eigenvalue weighted by Crippen LogP contribution is -2.43. The maximum absolute atomic E-state index is 13.6. The lowest BCUT2D eigenvalue weighted by molar-refractivity contribution is -0.138. The third-order valence-corrected chi connectivity index (χ3v) is 7.26. The molecule has 190 valence electrons. The van der Waals surface area contributed by atoms with Gasteiger partial charge in [-0.15, -0.1) is 0 Å². The van der Waals surface area contributed by atoms with E-state index in [1.165, 1.54) is 12.1 Å². The van der Waals surface area contributed by atoms with Gasteiger partial charge in [0.05, 0.1) is 30.4 Å². The van der Waals surface area contributed by atoms with Crippen LogP contribution in [0.1, 0.15) is 47.2 Å². The predicted molar refractivity (Wildman–Crippen MR) is 133 cm³/mol. The van der Waals surface area contributed by atoms with E-state index in [0.717, 1.165) is 30.0 Å². The number of nitrogens with zero attached hydrogens (tertiary/aromatic N) is 1. The van der Waals surface area contributed by atoms with Crippen molar-refractivity contribution in [3.8, 4) is 0 Å². The standard InChI is InChI=1S/C29H31F3N2O2/c30-29(31,32)22-11-14-26-25(17-22)28-24(27(33-26)21-9-5-2-6-10-21)13-12-23(36-28)19-34(15-16-35)18-20-7-3-1-4-8-20/h1-11,14,17,23-24,27-28,33,35H,12-13,15-16,18-19H2/t23-,24+,27+,28+/m1/s1. The van der Waals surface area contributed by atoms with Crippen molar-refractivity contribution < 1.29 is 23.0 Å². The van der Waals surface area contributed by atoms with E-state index in [4.69, 9.17) is 4.74 Å². The molecule has 1 fully saturated rings. The van der Waals surface area contributed by atoms with Crippen molar-refractivity contribution >= 4 is 5.69 Å². The Bertz CT molecular complexity index is 1140. The Morgan fingerprint density at radius 3 is 2.36 bits per heavy atom. The van der Waals surface area contributed by atoms with Gasteiger partial charge in [0.2, 0.25) is 0 Å². The van der Waals surface area contributed by atoms with Gasteiger partial charge in [-0.25, -0.2) is 0 Å². The van der Waals surface area contributed by atoms with E-state index < -0.39 is 17.8 Å². The lowest BCUT2D eigenvalue weighted by Gasteiger charge is -2.46. The van der Waals surface area contributed by atoms with Crippen LogP contribution in [-0.2, 0) is 17.5 Å². The van der Waals surface area contributed by atoms with Gasteiger partial charge in [0.25, 0.3) is 0 Å². The first kappa shape index (κ1) is 24.8. The first-order chi connectivity index (χ1) is 17.4. The van der Waals surface area contributed by atoms with Crippen LogP contribution in [0.2, 0.25) is 0 Å². The minimum atomic E-state index is -4.41. The Labute approximate surface area is 209 Å². The van der Waals surface area contributed by atoms with E-state index in [9.17, 15) is 18.3 Å². The van der Waals surface area contributed by atoms with Crippen LogP contribution in [0.4, 0.5) is 18.9 Å². The number of anilines is 1. The number of halogens is 3. The molecule has 0 unspecified atom stereocenters. The van der Waals surface area contributed by atoms with Gasteiger partial charge in [-0.1, -0.05) is 60.7 Å². The highest BCUT2D eigenvalue weighted by molar-refractivity contribution is 5.58. The fraction of sp³-hybridized carbons (Fsp3) is 0.379. The molecule has 4 nitrogen and oxygen atoms in total. The summed E-state index contributed by atoms with van der Waals surface area (Å²) in [6.07, 6.45) is -3.37. The molecule has 4 atom stereocenters. The van der Waals surface area contributed by atoms with E-state index in [2.05, 4.69) is 22.3 Å². The summed E-state index contributed by atoms with van der Waals surface area (Å²) in [6.45, 7) is 1.82. The zero-order valence-corrected chi connectivity index (χ0v) is 20.0. The molecule has 0 amide bonds. The van der Waals surface area contributed by atoms with Gasteiger partial charge in [-0.2, -0.15) is 13.2 Å². The van der Waals surface area contributed by atoms with Gasteiger partial charge in [0, 0.05) is 36.8 Å². The van der Waals surface area contributed by atoms with Crippen LogP contribution in [0.3, 0.4) is 0 Å². The minimum Gasteiger partial charge on any atom is -0.395 e. The minimum absolute atomic E-state index is 0.0139. The normalized spacial score (nSPS) is 23.6. The predicted octanol–water partition coefficient (Wildman–Crippen LogP) is 6.20. The van der Waals surface area contributed by atoms with Crippen LogP contribution in [0.15, 0.2) is 78.9 Å². The summed E-state index contributed by atoms with van der Waals surface area (Å²) in [5, 5.41) is 13.1. The Kier molecular flexibility index (Phi) is 7.32. The van der Waals surface area contributed by atoms with Crippen molar-refractivity contribution in [2.75, 3.05) is 25.0 Å². The molecule has 36 heavy (non-hydrogen) atoms. The molecule has 1 saturated heterocycles. The smallest absolute Gasteiger partial charge is 0.395 e.